The molecular weight excluding hydrogens is 306 g/mol. The summed E-state index contributed by atoms with van der Waals surface area (Å²) >= 11 is 10.8. The zero-order valence-electron chi connectivity index (χ0n) is 11.1. The number of thiocarbonyl (C=S) groups is 1. The van der Waals surface area contributed by atoms with Crippen molar-refractivity contribution in [2.45, 2.75) is 6.42 Å². The third kappa shape index (κ3) is 4.44. The lowest BCUT2D eigenvalue weighted by molar-refractivity contribution is 0.474. The highest BCUT2D eigenvalue weighted by atomic mass is 35.5. The maximum Gasteiger partial charge on any atom is 0.184 e. The molecule has 2 aromatic carbocycles. The molecule has 0 saturated carbocycles. The van der Waals surface area contributed by atoms with Gasteiger partial charge in [0.25, 0.3) is 0 Å². The molecule has 4 N–H and O–H groups in total. The number of phenols is 1. The molecule has 0 fully saturated rings. The highest BCUT2D eigenvalue weighted by Gasteiger charge is 2.04. The maximum absolute atomic E-state index is 9.81. The Morgan fingerprint density at radius 2 is 2.10 bits per heavy atom. The van der Waals surface area contributed by atoms with Gasteiger partial charge in [-0.2, -0.15) is 5.10 Å². The molecule has 0 aliphatic rings. The molecule has 6 heteroatoms. The summed E-state index contributed by atoms with van der Waals surface area (Å²) in [6, 6.07) is 13.0. The van der Waals surface area contributed by atoms with Crippen molar-refractivity contribution in [1.82, 2.24) is 5.43 Å². The molecule has 2 rings (SSSR count). The molecule has 0 saturated heterocycles. The van der Waals surface area contributed by atoms with E-state index < -0.39 is 0 Å². The second kappa shape index (κ2) is 7.06. The third-order valence-electron chi connectivity index (χ3n) is 2.82. The van der Waals surface area contributed by atoms with Crippen LogP contribution in [0.2, 0.25) is 5.02 Å². The first-order valence-corrected chi connectivity index (χ1v) is 6.98. The van der Waals surface area contributed by atoms with Gasteiger partial charge >= 0.3 is 0 Å². The van der Waals surface area contributed by atoms with Crippen LogP contribution in [-0.2, 0) is 6.42 Å². The molecule has 2 aromatic rings. The third-order valence-corrected chi connectivity index (χ3v) is 3.28. The molecule has 0 unspecified atom stereocenters. The first-order valence-electron chi connectivity index (χ1n) is 6.20. The van der Waals surface area contributed by atoms with Gasteiger partial charge in [0.05, 0.1) is 6.21 Å². The Morgan fingerprint density at radius 1 is 1.33 bits per heavy atom. The summed E-state index contributed by atoms with van der Waals surface area (Å²) in [6.07, 6.45) is 2.13. The van der Waals surface area contributed by atoms with Crippen LogP contribution in [-0.4, -0.2) is 16.4 Å². The monoisotopic (exact) mass is 319 g/mol. The molecule has 0 amide bonds. The first kappa shape index (κ1) is 15.3. The van der Waals surface area contributed by atoms with E-state index in [0.717, 1.165) is 16.1 Å². The van der Waals surface area contributed by atoms with Gasteiger partial charge in [0.2, 0.25) is 0 Å². The summed E-state index contributed by atoms with van der Waals surface area (Å²) in [7, 11) is 0. The van der Waals surface area contributed by atoms with Gasteiger partial charge in [0.15, 0.2) is 5.11 Å². The minimum Gasteiger partial charge on any atom is -0.507 e. The van der Waals surface area contributed by atoms with Gasteiger partial charge < -0.3 is 10.8 Å². The van der Waals surface area contributed by atoms with Crippen molar-refractivity contribution in [3.05, 3.63) is 64.2 Å². The summed E-state index contributed by atoms with van der Waals surface area (Å²) in [5.41, 5.74) is 10.3. The Balaban J connectivity index is 2.20. The predicted octanol–water partition coefficient (Wildman–Crippen LogP) is 2.80. The molecule has 4 nitrogen and oxygen atoms in total. The first-order chi connectivity index (χ1) is 10.1. The number of nitrogens with one attached hydrogen (secondary N) is 1. The van der Waals surface area contributed by atoms with Crippen molar-refractivity contribution in [2.24, 2.45) is 10.8 Å². The summed E-state index contributed by atoms with van der Waals surface area (Å²) in [6.45, 7) is 0. The number of rotatable bonds is 4. The number of benzene rings is 2. The molecule has 0 bridgehead atoms. The molecule has 0 aliphatic heterocycles. The lowest BCUT2D eigenvalue weighted by Crippen LogP contribution is -2.24. The van der Waals surface area contributed by atoms with Crippen LogP contribution in [0.4, 0.5) is 0 Å². The minimum absolute atomic E-state index is 0.0676. The Kier molecular flexibility index (Phi) is 5.14. The van der Waals surface area contributed by atoms with E-state index in [2.05, 4.69) is 22.7 Å². The van der Waals surface area contributed by atoms with E-state index in [1.165, 1.54) is 6.21 Å². The fraction of sp³-hybridized carbons (Fsp3) is 0.0667. The SMILES string of the molecule is NC(=S)NN=Cc1cc(Cc2ccccc2Cl)ccc1O. The van der Waals surface area contributed by atoms with E-state index >= 15 is 0 Å². The second-order valence-electron chi connectivity index (χ2n) is 4.40. The van der Waals surface area contributed by atoms with Crippen LogP contribution >= 0.6 is 23.8 Å². The van der Waals surface area contributed by atoms with Crippen molar-refractivity contribution in [3.8, 4) is 5.75 Å². The van der Waals surface area contributed by atoms with Crippen molar-refractivity contribution < 1.29 is 5.11 Å². The van der Waals surface area contributed by atoms with Crippen LogP contribution in [0.3, 0.4) is 0 Å². The summed E-state index contributed by atoms with van der Waals surface area (Å²) in [4.78, 5) is 0. The molecule has 0 spiro atoms. The summed E-state index contributed by atoms with van der Waals surface area (Å²) in [5, 5.41) is 14.4. The summed E-state index contributed by atoms with van der Waals surface area (Å²) < 4.78 is 0. The maximum atomic E-state index is 9.81. The van der Waals surface area contributed by atoms with Crippen molar-refractivity contribution in [1.29, 1.82) is 0 Å². The van der Waals surface area contributed by atoms with Crippen LogP contribution in [0.15, 0.2) is 47.6 Å². The van der Waals surface area contributed by atoms with E-state index in [1.807, 2.05) is 36.4 Å². The lowest BCUT2D eigenvalue weighted by atomic mass is 10.0. The van der Waals surface area contributed by atoms with Gasteiger partial charge in [-0.15, -0.1) is 0 Å². The normalized spacial score (nSPS) is 10.7. The second-order valence-corrected chi connectivity index (χ2v) is 5.24. The van der Waals surface area contributed by atoms with E-state index in [-0.39, 0.29) is 10.9 Å². The van der Waals surface area contributed by atoms with Gasteiger partial charge in [-0.25, -0.2) is 0 Å². The number of aromatic hydroxyl groups is 1. The highest BCUT2D eigenvalue weighted by Crippen LogP contribution is 2.22. The largest absolute Gasteiger partial charge is 0.507 e. The highest BCUT2D eigenvalue weighted by molar-refractivity contribution is 7.80. The number of phenolic OH excluding ortho intramolecular Hbond substituents is 1. The Bertz CT molecular complexity index is 688. The zero-order chi connectivity index (χ0) is 15.2. The van der Waals surface area contributed by atoms with Crippen molar-refractivity contribution in [3.63, 3.8) is 0 Å². The Labute approximate surface area is 133 Å². The lowest BCUT2D eigenvalue weighted by Gasteiger charge is -2.06. The fourth-order valence-corrected chi connectivity index (χ4v) is 2.10. The van der Waals surface area contributed by atoms with Gasteiger partial charge in [0.1, 0.15) is 5.75 Å². The molecule has 0 heterocycles. The van der Waals surface area contributed by atoms with E-state index in [9.17, 15) is 5.11 Å². The predicted molar refractivity (Wildman–Crippen MR) is 89.9 cm³/mol. The minimum atomic E-state index is 0.0676. The van der Waals surface area contributed by atoms with Crippen molar-refractivity contribution in [2.75, 3.05) is 0 Å². The topological polar surface area (TPSA) is 70.6 Å². The van der Waals surface area contributed by atoms with Crippen LogP contribution in [0.1, 0.15) is 16.7 Å². The number of nitrogens with two attached hydrogens (primary N) is 1. The van der Waals surface area contributed by atoms with Crippen LogP contribution in [0, 0.1) is 0 Å². The van der Waals surface area contributed by atoms with E-state index in [0.29, 0.717) is 12.0 Å². The molecule has 21 heavy (non-hydrogen) atoms. The number of hydrogen-bond donors (Lipinski definition) is 3. The van der Waals surface area contributed by atoms with Crippen LogP contribution in [0.5, 0.6) is 5.75 Å². The molecule has 0 aromatic heterocycles. The fourth-order valence-electron chi connectivity index (χ4n) is 1.84. The molecule has 0 atom stereocenters. The van der Waals surface area contributed by atoms with Gasteiger partial charge in [-0.3, -0.25) is 5.43 Å². The standard InChI is InChI=1S/C15H14ClN3OS/c16-13-4-2-1-3-11(13)7-10-5-6-14(20)12(8-10)9-18-19-15(17)21/h1-6,8-9,20H,7H2,(H3,17,19,21). The number of hydrogen-bond acceptors (Lipinski definition) is 3. The zero-order valence-corrected chi connectivity index (χ0v) is 12.7. The molecule has 0 radical (unpaired) electrons. The van der Waals surface area contributed by atoms with E-state index in [4.69, 9.17) is 17.3 Å². The number of halogens is 1. The smallest absolute Gasteiger partial charge is 0.184 e. The van der Waals surface area contributed by atoms with Gasteiger partial charge in [-0.05, 0) is 48.0 Å². The average Bonchev–Trinajstić information content (AvgIpc) is 2.44. The van der Waals surface area contributed by atoms with E-state index in [1.54, 1.807) is 6.07 Å². The van der Waals surface area contributed by atoms with Crippen LogP contribution < -0.4 is 11.2 Å². The quantitative estimate of drug-likeness (QED) is 0.460. The average molecular weight is 320 g/mol. The molecule has 108 valence electrons. The number of nitrogens with zero attached hydrogens (tertiary/aromatic N) is 1. The van der Waals surface area contributed by atoms with Crippen molar-refractivity contribution >= 4 is 35.1 Å². The summed E-state index contributed by atoms with van der Waals surface area (Å²) in [5.74, 6) is 0.131. The molecule has 0 aliphatic carbocycles. The Morgan fingerprint density at radius 3 is 2.81 bits per heavy atom. The van der Waals surface area contributed by atoms with Gasteiger partial charge in [0, 0.05) is 10.6 Å². The molecular formula is C15H14ClN3OS. The Hall–Kier alpha value is -2.11. The van der Waals surface area contributed by atoms with Crippen LogP contribution in [0.25, 0.3) is 0 Å². The number of hydrazone groups is 1. The van der Waals surface area contributed by atoms with Gasteiger partial charge in [-0.1, -0.05) is 35.9 Å².